The van der Waals surface area contributed by atoms with E-state index in [-0.39, 0.29) is 22.9 Å². The van der Waals surface area contributed by atoms with Crippen molar-refractivity contribution in [2.24, 2.45) is 7.05 Å². The molecule has 0 fully saturated rings. The number of benzene rings is 2. The van der Waals surface area contributed by atoms with Gasteiger partial charge in [-0.15, -0.1) is 0 Å². The summed E-state index contributed by atoms with van der Waals surface area (Å²) >= 11 is 0. The number of carbonyl (C=O) groups excluding carboxylic acids is 1. The fourth-order valence-electron chi connectivity index (χ4n) is 3.81. The minimum Gasteiger partial charge on any atom is -0.497 e. The van der Waals surface area contributed by atoms with Crippen molar-refractivity contribution in [3.63, 3.8) is 0 Å². The van der Waals surface area contributed by atoms with Crippen LogP contribution >= 0.6 is 0 Å². The standard InChI is InChI=1S/C25H18F6N4O5/c1-34-21(19-15(26)10-14(38-2)11-16(19)27)20(33-22(36)12-6-8-13(9-7-12)39-24(28)29)23(37)35(34)17-4-3-5-18(32-17)40-25(30)31/h3-11,24-25H,1-2H3,(H,33,36). The van der Waals surface area contributed by atoms with E-state index < -0.39 is 59.1 Å². The third-order valence-corrected chi connectivity index (χ3v) is 5.47. The quantitative estimate of drug-likeness (QED) is 0.286. The molecule has 0 bridgehead atoms. The van der Waals surface area contributed by atoms with E-state index in [9.17, 15) is 27.2 Å². The van der Waals surface area contributed by atoms with Crippen LogP contribution in [-0.4, -0.2) is 40.6 Å². The van der Waals surface area contributed by atoms with Gasteiger partial charge >= 0.3 is 13.2 Å². The summed E-state index contributed by atoms with van der Waals surface area (Å²) in [5.74, 6) is -4.51. The molecule has 210 valence electrons. The van der Waals surface area contributed by atoms with E-state index in [0.29, 0.717) is 0 Å². The number of methoxy groups -OCH3 is 1. The molecule has 0 aliphatic carbocycles. The highest BCUT2D eigenvalue weighted by Crippen LogP contribution is 2.34. The first kappa shape index (κ1) is 28.1. The van der Waals surface area contributed by atoms with Gasteiger partial charge in [-0.25, -0.2) is 8.78 Å². The minimum atomic E-state index is -3.22. The molecule has 2 aromatic carbocycles. The first-order chi connectivity index (χ1) is 19.0. The molecule has 9 nitrogen and oxygen atoms in total. The maximum absolute atomic E-state index is 15.2. The molecule has 0 spiro atoms. The highest BCUT2D eigenvalue weighted by molar-refractivity contribution is 6.06. The summed E-state index contributed by atoms with van der Waals surface area (Å²) in [7, 11) is 2.40. The van der Waals surface area contributed by atoms with Gasteiger partial charge in [0.2, 0.25) is 5.88 Å². The molecule has 2 heterocycles. The van der Waals surface area contributed by atoms with E-state index in [2.05, 4.69) is 19.8 Å². The van der Waals surface area contributed by atoms with Crippen LogP contribution in [0.15, 0.2) is 59.4 Å². The van der Waals surface area contributed by atoms with Crippen molar-refractivity contribution in [1.29, 1.82) is 0 Å². The molecule has 0 atom stereocenters. The Labute approximate surface area is 221 Å². The third kappa shape index (κ3) is 5.72. The van der Waals surface area contributed by atoms with Gasteiger partial charge in [-0.3, -0.25) is 14.3 Å². The van der Waals surface area contributed by atoms with Crippen LogP contribution in [-0.2, 0) is 7.05 Å². The average molecular weight is 568 g/mol. The van der Waals surface area contributed by atoms with Crippen LogP contribution in [0.25, 0.3) is 17.1 Å². The van der Waals surface area contributed by atoms with Crippen molar-refractivity contribution in [3.8, 4) is 34.5 Å². The summed E-state index contributed by atoms with van der Waals surface area (Å²) in [6.07, 6.45) is 0. The SMILES string of the molecule is COc1cc(F)c(-c2c(NC(=O)c3ccc(OC(F)F)cc3)c(=O)n(-c3cccc(OC(F)F)n3)n2C)c(F)c1. The number of ether oxygens (including phenoxy) is 3. The lowest BCUT2D eigenvalue weighted by Gasteiger charge is -2.13. The van der Waals surface area contributed by atoms with Crippen molar-refractivity contribution >= 4 is 11.6 Å². The average Bonchev–Trinajstić information content (AvgIpc) is 3.12. The summed E-state index contributed by atoms with van der Waals surface area (Å²) in [5, 5.41) is 2.29. The molecule has 15 heteroatoms. The van der Waals surface area contributed by atoms with E-state index in [4.69, 9.17) is 4.74 Å². The fourth-order valence-corrected chi connectivity index (χ4v) is 3.81. The van der Waals surface area contributed by atoms with Crippen LogP contribution in [0.3, 0.4) is 0 Å². The molecule has 0 saturated heterocycles. The molecule has 1 amide bonds. The fraction of sp³-hybridized carbons (Fsp3) is 0.160. The van der Waals surface area contributed by atoms with E-state index in [1.807, 2.05) is 0 Å². The van der Waals surface area contributed by atoms with Gasteiger partial charge in [0.15, 0.2) is 5.82 Å². The number of nitrogens with one attached hydrogen (secondary N) is 1. The topological polar surface area (TPSA) is 96.6 Å². The molecule has 0 unspecified atom stereocenters. The van der Waals surface area contributed by atoms with Crippen LogP contribution in [0.5, 0.6) is 17.4 Å². The molecule has 0 saturated carbocycles. The molecule has 4 aromatic rings. The number of alkyl halides is 4. The van der Waals surface area contributed by atoms with Gasteiger partial charge in [-0.1, -0.05) is 6.07 Å². The van der Waals surface area contributed by atoms with Crippen LogP contribution in [0.4, 0.5) is 32.0 Å². The lowest BCUT2D eigenvalue weighted by Crippen LogP contribution is -2.24. The van der Waals surface area contributed by atoms with Crippen LogP contribution < -0.4 is 25.1 Å². The van der Waals surface area contributed by atoms with Gasteiger partial charge in [-0.05, 0) is 30.3 Å². The number of anilines is 1. The Morgan fingerprint density at radius 1 is 0.925 bits per heavy atom. The van der Waals surface area contributed by atoms with Crippen molar-refractivity contribution in [1.82, 2.24) is 14.3 Å². The summed E-state index contributed by atoms with van der Waals surface area (Å²) in [5.41, 5.74) is -2.94. The van der Waals surface area contributed by atoms with Crippen molar-refractivity contribution in [2.45, 2.75) is 13.2 Å². The Bertz CT molecular complexity index is 1580. The van der Waals surface area contributed by atoms with Crippen LogP contribution in [0.1, 0.15) is 10.4 Å². The Morgan fingerprint density at radius 2 is 1.55 bits per heavy atom. The Kier molecular flexibility index (Phi) is 8.02. The zero-order valence-electron chi connectivity index (χ0n) is 20.5. The second-order valence-electron chi connectivity index (χ2n) is 7.90. The lowest BCUT2D eigenvalue weighted by atomic mass is 10.1. The van der Waals surface area contributed by atoms with Crippen LogP contribution in [0.2, 0.25) is 0 Å². The van der Waals surface area contributed by atoms with E-state index in [0.717, 1.165) is 51.8 Å². The third-order valence-electron chi connectivity index (χ3n) is 5.47. The lowest BCUT2D eigenvalue weighted by molar-refractivity contribution is -0.0530. The molecule has 2 aromatic heterocycles. The smallest absolute Gasteiger partial charge is 0.388 e. The summed E-state index contributed by atoms with van der Waals surface area (Å²) in [6.45, 7) is -6.32. The Balaban J connectivity index is 1.87. The number of hydrogen-bond donors (Lipinski definition) is 1. The molecule has 40 heavy (non-hydrogen) atoms. The number of nitrogens with zero attached hydrogens (tertiary/aromatic N) is 3. The van der Waals surface area contributed by atoms with E-state index in [1.165, 1.54) is 26.3 Å². The largest absolute Gasteiger partial charge is 0.497 e. The number of rotatable bonds is 9. The van der Waals surface area contributed by atoms with Crippen molar-refractivity contribution in [2.75, 3.05) is 12.4 Å². The maximum atomic E-state index is 15.2. The number of aromatic nitrogens is 3. The molecule has 0 aliphatic heterocycles. The van der Waals surface area contributed by atoms with E-state index in [1.54, 1.807) is 0 Å². The number of halogens is 6. The van der Waals surface area contributed by atoms with Crippen molar-refractivity contribution < 1.29 is 45.3 Å². The normalized spacial score (nSPS) is 11.2. The first-order valence-corrected chi connectivity index (χ1v) is 11.1. The number of pyridine rings is 1. The molecule has 4 rings (SSSR count). The first-order valence-electron chi connectivity index (χ1n) is 11.1. The highest BCUT2D eigenvalue weighted by Gasteiger charge is 2.28. The number of carbonyl (C=O) groups is 1. The Morgan fingerprint density at radius 3 is 2.12 bits per heavy atom. The molecule has 0 radical (unpaired) electrons. The van der Waals surface area contributed by atoms with Crippen LogP contribution in [0, 0.1) is 11.6 Å². The molecular formula is C25H18F6N4O5. The van der Waals surface area contributed by atoms with E-state index >= 15 is 8.78 Å². The van der Waals surface area contributed by atoms with Gasteiger partial charge in [0.05, 0.1) is 12.7 Å². The summed E-state index contributed by atoms with van der Waals surface area (Å²) in [4.78, 5) is 30.4. The molecular weight excluding hydrogens is 550 g/mol. The van der Waals surface area contributed by atoms with Gasteiger partial charge in [0.25, 0.3) is 11.5 Å². The molecule has 0 aliphatic rings. The number of amides is 1. The van der Waals surface area contributed by atoms with Gasteiger partial charge in [0.1, 0.15) is 34.5 Å². The monoisotopic (exact) mass is 568 g/mol. The predicted octanol–water partition coefficient (Wildman–Crippen LogP) is 4.98. The van der Waals surface area contributed by atoms with Crippen molar-refractivity contribution in [3.05, 3.63) is 82.1 Å². The summed E-state index contributed by atoms with van der Waals surface area (Å²) in [6, 6.07) is 9.67. The maximum Gasteiger partial charge on any atom is 0.388 e. The second-order valence-corrected chi connectivity index (χ2v) is 7.90. The minimum absolute atomic E-state index is 0.122. The highest BCUT2D eigenvalue weighted by atomic mass is 19.3. The van der Waals surface area contributed by atoms with Gasteiger partial charge in [0, 0.05) is 30.8 Å². The summed E-state index contributed by atoms with van der Waals surface area (Å²) < 4.78 is 95.7. The van der Waals surface area contributed by atoms with Gasteiger partial charge in [-0.2, -0.15) is 27.2 Å². The second kappa shape index (κ2) is 11.4. The Hall–Kier alpha value is -4.95. The zero-order valence-corrected chi connectivity index (χ0v) is 20.5. The number of hydrogen-bond acceptors (Lipinski definition) is 6. The zero-order chi connectivity index (χ0) is 29.1. The predicted molar refractivity (Wildman–Crippen MR) is 128 cm³/mol. The molecule has 1 N–H and O–H groups in total. The van der Waals surface area contributed by atoms with Gasteiger partial charge < -0.3 is 19.5 Å².